The number of nitrogens with zero attached hydrogens (tertiary/aromatic N) is 1. The summed E-state index contributed by atoms with van der Waals surface area (Å²) in [4.78, 5) is 25.1. The summed E-state index contributed by atoms with van der Waals surface area (Å²) in [5.74, 6) is -0.225. The van der Waals surface area contributed by atoms with Crippen molar-refractivity contribution in [2.45, 2.75) is 19.9 Å². The van der Waals surface area contributed by atoms with Crippen molar-refractivity contribution >= 4 is 11.8 Å². The number of phenolic OH excluding ortho intramolecular Hbond substituents is 1. The van der Waals surface area contributed by atoms with Crippen LogP contribution in [0.15, 0.2) is 59.3 Å². The van der Waals surface area contributed by atoms with Crippen molar-refractivity contribution in [2.24, 2.45) is 0 Å². The Labute approximate surface area is 162 Å². The van der Waals surface area contributed by atoms with Gasteiger partial charge >= 0.3 is 0 Å². The molecule has 144 valence electrons. The Hall–Kier alpha value is -3.61. The average molecular weight is 379 g/mol. The van der Waals surface area contributed by atoms with Crippen LogP contribution in [0.4, 0.5) is 0 Å². The number of hydrogen-bond donors (Lipinski definition) is 3. The maximum atomic E-state index is 12.8. The molecule has 1 atom stereocenters. The number of aromatic nitrogens is 1. The van der Waals surface area contributed by atoms with E-state index in [-0.39, 0.29) is 24.1 Å². The number of aryl methyl sites for hydroxylation is 2. The van der Waals surface area contributed by atoms with Gasteiger partial charge in [-0.05, 0) is 37.1 Å². The minimum absolute atomic E-state index is 0.0169. The van der Waals surface area contributed by atoms with Crippen LogP contribution in [0.2, 0.25) is 0 Å². The SMILES string of the molecule is Cc1ccc(O)cc1C(=O)N[C@H](CNC(=O)c1cnoc1C)c1ccccc1. The van der Waals surface area contributed by atoms with Gasteiger partial charge in [-0.3, -0.25) is 9.59 Å². The minimum Gasteiger partial charge on any atom is -0.508 e. The fraction of sp³-hybridized carbons (Fsp3) is 0.190. The van der Waals surface area contributed by atoms with Crippen molar-refractivity contribution in [1.29, 1.82) is 0 Å². The Kier molecular flexibility index (Phi) is 5.74. The fourth-order valence-electron chi connectivity index (χ4n) is 2.83. The molecule has 2 amide bonds. The molecule has 7 nitrogen and oxygen atoms in total. The van der Waals surface area contributed by atoms with Crippen molar-refractivity contribution in [3.63, 3.8) is 0 Å². The maximum Gasteiger partial charge on any atom is 0.256 e. The van der Waals surface area contributed by atoms with Gasteiger partial charge in [-0.15, -0.1) is 0 Å². The van der Waals surface area contributed by atoms with E-state index in [1.165, 1.54) is 18.3 Å². The summed E-state index contributed by atoms with van der Waals surface area (Å²) in [6.07, 6.45) is 1.36. The largest absolute Gasteiger partial charge is 0.508 e. The second-order valence-corrected chi connectivity index (χ2v) is 6.44. The fourth-order valence-corrected chi connectivity index (χ4v) is 2.83. The van der Waals surface area contributed by atoms with E-state index in [2.05, 4.69) is 15.8 Å². The van der Waals surface area contributed by atoms with Gasteiger partial charge in [0.15, 0.2) is 0 Å². The molecule has 0 aliphatic carbocycles. The van der Waals surface area contributed by atoms with Crippen LogP contribution in [0.3, 0.4) is 0 Å². The van der Waals surface area contributed by atoms with Gasteiger partial charge in [0.2, 0.25) is 0 Å². The van der Waals surface area contributed by atoms with E-state index in [0.29, 0.717) is 16.9 Å². The molecule has 0 radical (unpaired) electrons. The topological polar surface area (TPSA) is 104 Å². The van der Waals surface area contributed by atoms with Crippen LogP contribution in [-0.2, 0) is 0 Å². The number of phenols is 1. The number of rotatable bonds is 6. The highest BCUT2D eigenvalue weighted by atomic mass is 16.5. The third-order valence-electron chi connectivity index (χ3n) is 4.44. The molecule has 28 heavy (non-hydrogen) atoms. The molecule has 0 aliphatic heterocycles. The molecule has 2 aromatic carbocycles. The van der Waals surface area contributed by atoms with Gasteiger partial charge in [-0.25, -0.2) is 0 Å². The van der Waals surface area contributed by atoms with Crippen molar-refractivity contribution in [1.82, 2.24) is 15.8 Å². The first-order valence-corrected chi connectivity index (χ1v) is 8.80. The van der Waals surface area contributed by atoms with Crippen LogP contribution >= 0.6 is 0 Å². The highest BCUT2D eigenvalue weighted by Gasteiger charge is 2.20. The monoisotopic (exact) mass is 379 g/mol. The Bertz CT molecular complexity index is 982. The Balaban J connectivity index is 1.78. The van der Waals surface area contributed by atoms with E-state index < -0.39 is 6.04 Å². The van der Waals surface area contributed by atoms with Crippen LogP contribution < -0.4 is 10.6 Å². The molecule has 3 aromatic rings. The molecule has 3 rings (SSSR count). The van der Waals surface area contributed by atoms with Crippen molar-refractivity contribution in [2.75, 3.05) is 6.54 Å². The number of carbonyl (C=O) groups is 2. The summed E-state index contributed by atoms with van der Waals surface area (Å²) in [6.45, 7) is 3.63. The van der Waals surface area contributed by atoms with Crippen LogP contribution in [0.5, 0.6) is 5.75 Å². The van der Waals surface area contributed by atoms with Gasteiger partial charge in [0.25, 0.3) is 11.8 Å². The lowest BCUT2D eigenvalue weighted by Gasteiger charge is -2.20. The van der Waals surface area contributed by atoms with Gasteiger partial charge in [0, 0.05) is 12.1 Å². The first-order valence-electron chi connectivity index (χ1n) is 8.80. The molecule has 0 saturated carbocycles. The van der Waals surface area contributed by atoms with Crippen LogP contribution in [0.25, 0.3) is 0 Å². The minimum atomic E-state index is -0.459. The second-order valence-electron chi connectivity index (χ2n) is 6.44. The van der Waals surface area contributed by atoms with E-state index >= 15 is 0 Å². The standard InChI is InChI=1S/C21H21N3O4/c1-13-8-9-16(25)10-17(13)21(27)24-19(15-6-4-3-5-7-15)12-22-20(26)18-11-23-28-14(18)2/h3-11,19,25H,12H2,1-2H3,(H,22,26)(H,24,27)/t19-/m1/s1. The zero-order valence-electron chi connectivity index (χ0n) is 15.6. The number of aromatic hydroxyl groups is 1. The number of benzene rings is 2. The van der Waals surface area contributed by atoms with E-state index in [0.717, 1.165) is 11.1 Å². The Morgan fingerprint density at radius 3 is 2.50 bits per heavy atom. The van der Waals surface area contributed by atoms with Crippen LogP contribution in [0, 0.1) is 13.8 Å². The molecule has 0 bridgehead atoms. The lowest BCUT2D eigenvalue weighted by atomic mass is 10.0. The first-order chi connectivity index (χ1) is 13.5. The smallest absolute Gasteiger partial charge is 0.256 e. The summed E-state index contributed by atoms with van der Waals surface area (Å²) < 4.78 is 4.92. The molecular weight excluding hydrogens is 358 g/mol. The number of carbonyl (C=O) groups excluding carboxylic acids is 2. The van der Waals surface area contributed by atoms with E-state index in [1.54, 1.807) is 19.9 Å². The number of hydrogen-bond acceptors (Lipinski definition) is 5. The average Bonchev–Trinajstić information content (AvgIpc) is 3.13. The van der Waals surface area contributed by atoms with E-state index in [4.69, 9.17) is 4.52 Å². The molecular formula is C21H21N3O4. The van der Waals surface area contributed by atoms with Crippen molar-refractivity contribution in [3.05, 3.63) is 82.7 Å². The predicted molar refractivity (Wildman–Crippen MR) is 103 cm³/mol. The summed E-state index contributed by atoms with van der Waals surface area (Å²) in [6, 6.07) is 13.5. The Morgan fingerprint density at radius 2 is 1.82 bits per heavy atom. The van der Waals surface area contributed by atoms with Crippen LogP contribution in [0.1, 0.15) is 43.6 Å². The van der Waals surface area contributed by atoms with Crippen LogP contribution in [-0.4, -0.2) is 28.6 Å². The number of nitrogens with one attached hydrogen (secondary N) is 2. The van der Waals surface area contributed by atoms with Gasteiger partial charge < -0.3 is 20.3 Å². The molecule has 0 saturated heterocycles. The zero-order chi connectivity index (χ0) is 20.1. The highest BCUT2D eigenvalue weighted by Crippen LogP contribution is 2.18. The summed E-state index contributed by atoms with van der Waals surface area (Å²) >= 11 is 0. The Morgan fingerprint density at radius 1 is 1.07 bits per heavy atom. The molecule has 0 aliphatic rings. The van der Waals surface area contributed by atoms with Gasteiger partial charge in [-0.1, -0.05) is 41.6 Å². The van der Waals surface area contributed by atoms with Crippen molar-refractivity contribution < 1.29 is 19.2 Å². The molecule has 1 aromatic heterocycles. The number of amides is 2. The molecule has 0 fully saturated rings. The van der Waals surface area contributed by atoms with Gasteiger partial charge in [0.05, 0.1) is 12.2 Å². The molecule has 7 heteroatoms. The highest BCUT2D eigenvalue weighted by molar-refractivity contribution is 5.96. The molecule has 3 N–H and O–H groups in total. The summed E-state index contributed by atoms with van der Waals surface area (Å²) in [7, 11) is 0. The zero-order valence-corrected chi connectivity index (χ0v) is 15.6. The molecule has 0 unspecified atom stereocenters. The quantitative estimate of drug-likeness (QED) is 0.611. The normalized spacial score (nSPS) is 11.6. The lowest BCUT2D eigenvalue weighted by molar-refractivity contribution is 0.0907. The van der Waals surface area contributed by atoms with Gasteiger partial charge in [-0.2, -0.15) is 0 Å². The summed E-state index contributed by atoms with van der Waals surface area (Å²) in [5, 5.41) is 19.0. The van der Waals surface area contributed by atoms with E-state index in [1.807, 2.05) is 30.3 Å². The summed E-state index contributed by atoms with van der Waals surface area (Å²) in [5.41, 5.74) is 2.31. The predicted octanol–water partition coefficient (Wildman–Crippen LogP) is 2.90. The first kappa shape index (κ1) is 19.2. The van der Waals surface area contributed by atoms with E-state index in [9.17, 15) is 14.7 Å². The third kappa shape index (κ3) is 4.37. The lowest BCUT2D eigenvalue weighted by Crippen LogP contribution is -2.38. The molecule has 1 heterocycles. The maximum absolute atomic E-state index is 12.8. The molecule has 0 spiro atoms. The van der Waals surface area contributed by atoms with Crippen molar-refractivity contribution in [3.8, 4) is 5.75 Å². The second kappa shape index (κ2) is 8.39. The third-order valence-corrected chi connectivity index (χ3v) is 4.44. The van der Waals surface area contributed by atoms with Gasteiger partial charge in [0.1, 0.15) is 17.1 Å².